The summed E-state index contributed by atoms with van der Waals surface area (Å²) in [5.41, 5.74) is 8.91. The number of hydrogen-bond acceptors (Lipinski definition) is 3. The molecule has 0 aliphatic carbocycles. The molecule has 0 aliphatic heterocycles. The van der Waals surface area contributed by atoms with Gasteiger partial charge in [-0.2, -0.15) is 0 Å². The van der Waals surface area contributed by atoms with Crippen molar-refractivity contribution in [2.75, 3.05) is 5.73 Å². The van der Waals surface area contributed by atoms with Crippen LogP contribution in [0.1, 0.15) is 21.5 Å². The number of pyridine rings is 1. The summed E-state index contributed by atoms with van der Waals surface area (Å²) >= 11 is 0. The SMILES string of the molecule is Cc1cncc(C(=O)Cc2cccc(N)c2)c1. The molecule has 0 atom stereocenters. The van der Waals surface area contributed by atoms with Gasteiger partial charge in [-0.05, 0) is 36.2 Å². The topological polar surface area (TPSA) is 56.0 Å². The van der Waals surface area contributed by atoms with Gasteiger partial charge in [-0.25, -0.2) is 0 Å². The highest BCUT2D eigenvalue weighted by molar-refractivity contribution is 5.97. The first-order chi connectivity index (χ1) is 8.15. The van der Waals surface area contributed by atoms with Crippen molar-refractivity contribution in [3.05, 3.63) is 59.4 Å². The van der Waals surface area contributed by atoms with E-state index in [1.54, 1.807) is 12.4 Å². The zero-order valence-electron chi connectivity index (χ0n) is 9.68. The first-order valence-corrected chi connectivity index (χ1v) is 5.44. The quantitative estimate of drug-likeness (QED) is 0.645. The summed E-state index contributed by atoms with van der Waals surface area (Å²) in [5.74, 6) is 0.0619. The number of benzene rings is 1. The lowest BCUT2D eigenvalue weighted by Gasteiger charge is -2.03. The molecule has 86 valence electrons. The van der Waals surface area contributed by atoms with Gasteiger partial charge in [-0.15, -0.1) is 0 Å². The molecule has 0 bridgehead atoms. The van der Waals surface area contributed by atoms with Crippen molar-refractivity contribution in [2.45, 2.75) is 13.3 Å². The molecule has 17 heavy (non-hydrogen) atoms. The molecule has 0 saturated carbocycles. The average Bonchev–Trinajstić information content (AvgIpc) is 2.29. The first-order valence-electron chi connectivity index (χ1n) is 5.44. The molecule has 2 rings (SSSR count). The van der Waals surface area contributed by atoms with Gasteiger partial charge in [0.2, 0.25) is 0 Å². The van der Waals surface area contributed by atoms with Gasteiger partial charge in [-0.1, -0.05) is 12.1 Å². The highest BCUT2D eigenvalue weighted by atomic mass is 16.1. The molecule has 0 amide bonds. The molecule has 0 unspecified atom stereocenters. The predicted molar refractivity (Wildman–Crippen MR) is 67.9 cm³/mol. The van der Waals surface area contributed by atoms with Crippen molar-refractivity contribution in [1.29, 1.82) is 0 Å². The lowest BCUT2D eigenvalue weighted by atomic mass is 10.0. The third kappa shape index (κ3) is 2.91. The van der Waals surface area contributed by atoms with Crippen molar-refractivity contribution in [3.8, 4) is 0 Å². The van der Waals surface area contributed by atoms with Gasteiger partial charge in [0.25, 0.3) is 0 Å². The summed E-state index contributed by atoms with van der Waals surface area (Å²) in [5, 5.41) is 0. The Balaban J connectivity index is 2.17. The number of anilines is 1. The van der Waals surface area contributed by atoms with Gasteiger partial charge < -0.3 is 5.73 Å². The lowest BCUT2D eigenvalue weighted by Crippen LogP contribution is -2.04. The normalized spacial score (nSPS) is 10.2. The van der Waals surface area contributed by atoms with Crippen LogP contribution < -0.4 is 5.73 Å². The maximum absolute atomic E-state index is 12.0. The number of carbonyl (C=O) groups excluding carboxylic acids is 1. The van der Waals surface area contributed by atoms with Crippen LogP contribution in [0, 0.1) is 6.92 Å². The third-order valence-electron chi connectivity index (χ3n) is 2.51. The second-order valence-electron chi connectivity index (χ2n) is 4.10. The molecule has 2 N–H and O–H groups in total. The Morgan fingerprint density at radius 3 is 2.82 bits per heavy atom. The smallest absolute Gasteiger partial charge is 0.168 e. The van der Waals surface area contributed by atoms with E-state index in [9.17, 15) is 4.79 Å². The molecular formula is C14H14N2O. The van der Waals surface area contributed by atoms with Gasteiger partial charge in [0.1, 0.15) is 0 Å². The number of ketones is 1. The number of aryl methyl sites for hydroxylation is 1. The molecule has 1 aromatic heterocycles. The number of aromatic nitrogens is 1. The van der Waals surface area contributed by atoms with E-state index in [0.29, 0.717) is 17.7 Å². The third-order valence-corrected chi connectivity index (χ3v) is 2.51. The Morgan fingerprint density at radius 2 is 2.12 bits per heavy atom. The second-order valence-corrected chi connectivity index (χ2v) is 4.10. The van der Waals surface area contributed by atoms with Crippen molar-refractivity contribution in [1.82, 2.24) is 4.98 Å². The largest absolute Gasteiger partial charge is 0.399 e. The van der Waals surface area contributed by atoms with Crippen LogP contribution in [0.2, 0.25) is 0 Å². The fourth-order valence-electron chi connectivity index (χ4n) is 1.70. The van der Waals surface area contributed by atoms with Crippen LogP contribution in [0.25, 0.3) is 0 Å². The van der Waals surface area contributed by atoms with Crippen LogP contribution in [-0.4, -0.2) is 10.8 Å². The maximum atomic E-state index is 12.0. The van der Waals surface area contributed by atoms with E-state index in [4.69, 9.17) is 5.73 Å². The summed E-state index contributed by atoms with van der Waals surface area (Å²) in [6.07, 6.45) is 3.69. The number of carbonyl (C=O) groups is 1. The number of nitrogens with zero attached hydrogens (tertiary/aromatic N) is 1. The monoisotopic (exact) mass is 226 g/mol. The Labute approximate surface area is 100 Å². The van der Waals surface area contributed by atoms with E-state index < -0.39 is 0 Å². The molecule has 0 spiro atoms. The van der Waals surface area contributed by atoms with Crippen LogP contribution >= 0.6 is 0 Å². The maximum Gasteiger partial charge on any atom is 0.168 e. The van der Waals surface area contributed by atoms with Crippen molar-refractivity contribution >= 4 is 11.5 Å². The van der Waals surface area contributed by atoms with Gasteiger partial charge in [0.05, 0.1) is 0 Å². The van der Waals surface area contributed by atoms with Gasteiger partial charge in [-0.3, -0.25) is 9.78 Å². The minimum absolute atomic E-state index is 0.0619. The predicted octanol–water partition coefficient (Wildman–Crippen LogP) is 2.40. The summed E-state index contributed by atoms with van der Waals surface area (Å²) < 4.78 is 0. The summed E-state index contributed by atoms with van der Waals surface area (Å²) in [7, 11) is 0. The van der Waals surface area contributed by atoms with Crippen LogP contribution in [0.5, 0.6) is 0 Å². The molecule has 3 heteroatoms. The second kappa shape index (κ2) is 4.78. The summed E-state index contributed by atoms with van der Waals surface area (Å²) in [4.78, 5) is 16.0. The fourth-order valence-corrected chi connectivity index (χ4v) is 1.70. The van der Waals surface area contributed by atoms with Crippen molar-refractivity contribution in [2.24, 2.45) is 0 Å². The molecule has 2 aromatic rings. The van der Waals surface area contributed by atoms with Crippen LogP contribution in [0.4, 0.5) is 5.69 Å². The Kier molecular flexibility index (Phi) is 3.19. The first kappa shape index (κ1) is 11.3. The molecule has 3 nitrogen and oxygen atoms in total. The van der Waals surface area contributed by atoms with Crippen LogP contribution in [0.15, 0.2) is 42.7 Å². The standard InChI is InChI=1S/C14H14N2O/c1-10-5-12(9-16-8-10)14(17)7-11-3-2-4-13(15)6-11/h2-6,8-9H,7,15H2,1H3. The van der Waals surface area contributed by atoms with Crippen LogP contribution in [0.3, 0.4) is 0 Å². The molecule has 0 radical (unpaired) electrons. The lowest BCUT2D eigenvalue weighted by molar-refractivity contribution is 0.0992. The summed E-state index contributed by atoms with van der Waals surface area (Å²) in [6, 6.07) is 9.23. The Bertz CT molecular complexity index is 549. The minimum atomic E-state index is 0.0619. The molecule has 1 heterocycles. The fraction of sp³-hybridized carbons (Fsp3) is 0.143. The van der Waals surface area contributed by atoms with E-state index in [-0.39, 0.29) is 5.78 Å². The zero-order chi connectivity index (χ0) is 12.3. The number of hydrogen-bond donors (Lipinski definition) is 1. The van der Waals surface area contributed by atoms with Gasteiger partial charge in [0.15, 0.2) is 5.78 Å². The molecule has 0 aliphatic rings. The Morgan fingerprint density at radius 1 is 1.29 bits per heavy atom. The van der Waals surface area contributed by atoms with Crippen molar-refractivity contribution < 1.29 is 4.79 Å². The van der Waals surface area contributed by atoms with Gasteiger partial charge >= 0.3 is 0 Å². The van der Waals surface area contributed by atoms with E-state index in [0.717, 1.165) is 11.1 Å². The van der Waals surface area contributed by atoms with E-state index >= 15 is 0 Å². The number of nitrogens with two attached hydrogens (primary N) is 1. The van der Waals surface area contributed by atoms with Crippen molar-refractivity contribution in [3.63, 3.8) is 0 Å². The number of rotatable bonds is 3. The highest BCUT2D eigenvalue weighted by Gasteiger charge is 2.07. The Hall–Kier alpha value is -2.16. The molecule has 0 saturated heterocycles. The average molecular weight is 226 g/mol. The van der Waals surface area contributed by atoms with E-state index in [1.165, 1.54) is 0 Å². The minimum Gasteiger partial charge on any atom is -0.399 e. The highest BCUT2D eigenvalue weighted by Crippen LogP contribution is 2.11. The zero-order valence-corrected chi connectivity index (χ0v) is 9.68. The summed E-state index contributed by atoms with van der Waals surface area (Å²) in [6.45, 7) is 1.92. The van der Waals surface area contributed by atoms with E-state index in [2.05, 4.69) is 4.98 Å². The molecular weight excluding hydrogens is 212 g/mol. The van der Waals surface area contributed by atoms with E-state index in [1.807, 2.05) is 37.3 Å². The number of nitrogen functional groups attached to an aromatic ring is 1. The van der Waals surface area contributed by atoms with Gasteiger partial charge in [0, 0.05) is 30.1 Å². The molecule has 1 aromatic carbocycles. The number of Topliss-reactive ketones (excluding diaryl/α,β-unsaturated/α-hetero) is 1. The molecule has 0 fully saturated rings. The van der Waals surface area contributed by atoms with Crippen LogP contribution in [-0.2, 0) is 6.42 Å².